The molecule has 2 aromatic carbocycles. The Morgan fingerprint density at radius 1 is 0.909 bits per heavy atom. The summed E-state index contributed by atoms with van der Waals surface area (Å²) in [5.41, 5.74) is 4.19. The summed E-state index contributed by atoms with van der Waals surface area (Å²) in [7, 11) is 0. The quantitative estimate of drug-likeness (QED) is 0.183. The van der Waals surface area contributed by atoms with Crippen molar-refractivity contribution in [2.75, 3.05) is 13.2 Å². The maximum absolute atomic E-state index is 13.2. The Hall–Kier alpha value is -4.28. The first-order valence-corrected chi connectivity index (χ1v) is 14.9. The third kappa shape index (κ3) is 8.87. The van der Waals surface area contributed by atoms with Crippen LogP contribution >= 0.6 is 0 Å². The summed E-state index contributed by atoms with van der Waals surface area (Å²) < 4.78 is 16.5. The van der Waals surface area contributed by atoms with Gasteiger partial charge in [0.25, 0.3) is 0 Å². The van der Waals surface area contributed by atoms with Gasteiger partial charge in [-0.25, -0.2) is 9.59 Å². The van der Waals surface area contributed by atoms with E-state index >= 15 is 0 Å². The zero-order chi connectivity index (χ0) is 31.7. The van der Waals surface area contributed by atoms with Crippen LogP contribution in [0.2, 0.25) is 0 Å². The number of rotatable bonds is 13. The second-order valence-electron chi connectivity index (χ2n) is 11.7. The van der Waals surface area contributed by atoms with Gasteiger partial charge in [0.05, 0.1) is 30.4 Å². The van der Waals surface area contributed by atoms with Crippen LogP contribution in [0.5, 0.6) is 0 Å². The Labute approximate surface area is 258 Å². The number of hydrogen-bond acceptors (Lipinski definition) is 8. The molecule has 0 saturated heterocycles. The van der Waals surface area contributed by atoms with E-state index in [1.54, 1.807) is 24.4 Å². The molecule has 1 aliphatic rings. The fourth-order valence-electron chi connectivity index (χ4n) is 5.21. The molecule has 2 amide bonds. The minimum Gasteiger partial charge on any atom is -0.464 e. The molecule has 0 aliphatic heterocycles. The number of carbonyl (C=O) groups excluding carboxylic acids is 3. The number of nitrogens with zero attached hydrogens (tertiary/aromatic N) is 1. The van der Waals surface area contributed by atoms with Crippen LogP contribution < -0.4 is 10.6 Å². The summed E-state index contributed by atoms with van der Waals surface area (Å²) in [6.07, 6.45) is -0.269. The van der Waals surface area contributed by atoms with Crippen molar-refractivity contribution in [3.05, 3.63) is 89.7 Å². The highest BCUT2D eigenvalue weighted by Crippen LogP contribution is 2.44. The molecule has 0 spiro atoms. The van der Waals surface area contributed by atoms with Crippen LogP contribution in [-0.2, 0) is 23.8 Å². The molecule has 4 rings (SSSR count). The van der Waals surface area contributed by atoms with Gasteiger partial charge in [0.1, 0.15) is 12.6 Å². The molecule has 10 nitrogen and oxygen atoms in total. The zero-order valence-corrected chi connectivity index (χ0v) is 25.6. The normalized spacial score (nSPS) is 14.5. The second kappa shape index (κ2) is 14.9. The standard InChI is InChI=1S/C34H41N3O7/c1-5-18-42-32(40)29(19-30(38)36-28(27-16-10-11-17-35-27)20-31(39)44-34(2,3)4)37-33(41)43-21-26-24-14-8-6-12-22(24)23-13-7-9-15-25(23)26/h6-17,26,28-29,31,39H,5,18-21H2,1-4H3,(H,36,38)(H,37,41)/t28?,29-,31?/m0/s1. The van der Waals surface area contributed by atoms with E-state index in [0.29, 0.717) is 12.1 Å². The number of fused-ring (bicyclic) bond motifs is 3. The lowest BCUT2D eigenvalue weighted by Gasteiger charge is -2.27. The third-order valence-corrected chi connectivity index (χ3v) is 7.07. The molecule has 3 N–H and O–H groups in total. The molecule has 2 unspecified atom stereocenters. The SMILES string of the molecule is CCCOC(=O)[C@H](CC(=O)NC(CC(O)OC(C)(C)C)c1ccccn1)NC(=O)OCC1c2ccccc2-c2ccccc21. The Morgan fingerprint density at radius 2 is 1.55 bits per heavy atom. The first-order valence-electron chi connectivity index (χ1n) is 14.9. The summed E-state index contributed by atoms with van der Waals surface area (Å²) in [5, 5.41) is 15.9. The second-order valence-corrected chi connectivity index (χ2v) is 11.7. The average molecular weight is 604 g/mol. The number of aliphatic hydroxyl groups excluding tert-OH is 1. The molecule has 3 atom stereocenters. The van der Waals surface area contributed by atoms with Crippen molar-refractivity contribution in [3.63, 3.8) is 0 Å². The number of carbonyl (C=O) groups is 3. The molecule has 234 valence electrons. The number of alkyl carbamates (subject to hydrolysis) is 1. The summed E-state index contributed by atoms with van der Waals surface area (Å²) in [5.74, 6) is -1.47. The molecule has 0 fully saturated rings. The van der Waals surface area contributed by atoms with E-state index < -0.39 is 48.4 Å². The third-order valence-electron chi connectivity index (χ3n) is 7.07. The van der Waals surface area contributed by atoms with Crippen LogP contribution in [0.4, 0.5) is 4.79 Å². The van der Waals surface area contributed by atoms with Gasteiger partial charge in [-0.1, -0.05) is 61.5 Å². The van der Waals surface area contributed by atoms with Crippen LogP contribution in [0, 0.1) is 0 Å². The van der Waals surface area contributed by atoms with Crippen molar-refractivity contribution in [1.82, 2.24) is 15.6 Å². The molecule has 44 heavy (non-hydrogen) atoms. The first-order chi connectivity index (χ1) is 21.1. The van der Waals surface area contributed by atoms with Crippen molar-refractivity contribution in [2.45, 2.75) is 76.9 Å². The molecule has 10 heteroatoms. The fraction of sp³-hybridized carbons (Fsp3) is 0.412. The monoisotopic (exact) mass is 603 g/mol. The topological polar surface area (TPSA) is 136 Å². The minimum atomic E-state index is -1.29. The van der Waals surface area contributed by atoms with E-state index in [9.17, 15) is 19.5 Å². The van der Waals surface area contributed by atoms with E-state index in [-0.39, 0.29) is 25.6 Å². The number of ether oxygens (including phenoxy) is 3. The average Bonchev–Trinajstić information content (AvgIpc) is 3.31. The van der Waals surface area contributed by atoms with Crippen molar-refractivity contribution in [2.24, 2.45) is 0 Å². The lowest BCUT2D eigenvalue weighted by molar-refractivity contribution is -0.171. The summed E-state index contributed by atoms with van der Waals surface area (Å²) >= 11 is 0. The highest BCUT2D eigenvalue weighted by molar-refractivity contribution is 5.88. The number of pyridine rings is 1. The van der Waals surface area contributed by atoms with Gasteiger partial charge in [0, 0.05) is 18.5 Å². The molecule has 1 aromatic heterocycles. The number of aromatic nitrogens is 1. The number of amides is 2. The van der Waals surface area contributed by atoms with Crippen LogP contribution in [-0.4, -0.2) is 59.2 Å². The van der Waals surface area contributed by atoms with Gasteiger partial charge >= 0.3 is 12.1 Å². The predicted molar refractivity (Wildman–Crippen MR) is 164 cm³/mol. The van der Waals surface area contributed by atoms with Gasteiger partial charge in [-0.3, -0.25) is 9.78 Å². The maximum atomic E-state index is 13.2. The van der Waals surface area contributed by atoms with Gasteiger partial charge in [0.15, 0.2) is 6.29 Å². The van der Waals surface area contributed by atoms with Crippen molar-refractivity contribution >= 4 is 18.0 Å². The molecule has 3 aromatic rings. The Balaban J connectivity index is 1.42. The molecule has 0 radical (unpaired) electrons. The van der Waals surface area contributed by atoms with Crippen molar-refractivity contribution in [3.8, 4) is 11.1 Å². The van der Waals surface area contributed by atoms with Gasteiger partial charge in [-0.15, -0.1) is 0 Å². The summed E-state index contributed by atoms with van der Waals surface area (Å²) in [6.45, 7) is 7.47. The molecule has 1 heterocycles. The summed E-state index contributed by atoms with van der Waals surface area (Å²) in [6, 6.07) is 19.2. The molecule has 1 aliphatic carbocycles. The van der Waals surface area contributed by atoms with Crippen LogP contribution in [0.25, 0.3) is 11.1 Å². The maximum Gasteiger partial charge on any atom is 0.407 e. The minimum absolute atomic E-state index is 0.0186. The van der Waals surface area contributed by atoms with Crippen LogP contribution in [0.15, 0.2) is 72.9 Å². The van der Waals surface area contributed by atoms with Gasteiger partial charge < -0.3 is 30.0 Å². The van der Waals surface area contributed by atoms with E-state index in [1.165, 1.54) is 0 Å². The van der Waals surface area contributed by atoms with E-state index in [1.807, 2.05) is 76.2 Å². The molecule has 0 bridgehead atoms. The van der Waals surface area contributed by atoms with Crippen molar-refractivity contribution in [1.29, 1.82) is 0 Å². The van der Waals surface area contributed by atoms with Gasteiger partial charge in [0.2, 0.25) is 5.91 Å². The van der Waals surface area contributed by atoms with Gasteiger partial charge in [-0.05, 0) is 61.6 Å². The lowest BCUT2D eigenvalue weighted by Crippen LogP contribution is -2.46. The zero-order valence-electron chi connectivity index (χ0n) is 25.6. The van der Waals surface area contributed by atoms with E-state index in [4.69, 9.17) is 14.2 Å². The summed E-state index contributed by atoms with van der Waals surface area (Å²) in [4.78, 5) is 43.5. The van der Waals surface area contributed by atoms with E-state index in [2.05, 4.69) is 15.6 Å². The number of hydrogen-bond donors (Lipinski definition) is 3. The predicted octanol–water partition coefficient (Wildman–Crippen LogP) is 5.01. The Morgan fingerprint density at radius 3 is 2.14 bits per heavy atom. The number of aliphatic hydroxyl groups is 1. The smallest absolute Gasteiger partial charge is 0.407 e. The highest BCUT2D eigenvalue weighted by Gasteiger charge is 2.32. The highest BCUT2D eigenvalue weighted by atomic mass is 16.6. The number of esters is 1. The van der Waals surface area contributed by atoms with E-state index in [0.717, 1.165) is 22.3 Å². The largest absolute Gasteiger partial charge is 0.464 e. The van der Waals surface area contributed by atoms with Crippen molar-refractivity contribution < 1.29 is 33.7 Å². The number of benzene rings is 2. The van der Waals surface area contributed by atoms with Crippen LogP contribution in [0.3, 0.4) is 0 Å². The number of nitrogens with one attached hydrogen (secondary N) is 2. The molecular weight excluding hydrogens is 562 g/mol. The molecule has 0 saturated carbocycles. The fourth-order valence-corrected chi connectivity index (χ4v) is 5.21. The Bertz CT molecular complexity index is 1380. The first kappa shape index (κ1) is 32.6. The lowest BCUT2D eigenvalue weighted by atomic mass is 9.98. The molecular formula is C34H41N3O7. The Kier molecular flexibility index (Phi) is 11.1. The van der Waals surface area contributed by atoms with Crippen LogP contribution in [0.1, 0.15) is 75.7 Å². The van der Waals surface area contributed by atoms with Gasteiger partial charge in [-0.2, -0.15) is 0 Å².